The molecule has 0 atom stereocenters. The lowest BCUT2D eigenvalue weighted by Crippen LogP contribution is -2.12. The summed E-state index contributed by atoms with van der Waals surface area (Å²) in [7, 11) is 0. The largest absolute Gasteiger partial charge is 0.477 e. The molecule has 1 saturated carbocycles. The molecule has 0 amide bonds. The van der Waals surface area contributed by atoms with Crippen LogP contribution in [0.5, 0.6) is 0 Å². The number of aromatic nitrogens is 1. The Morgan fingerprint density at radius 3 is 2.72 bits per heavy atom. The zero-order valence-corrected chi connectivity index (χ0v) is 10.9. The predicted molar refractivity (Wildman–Crippen MR) is 67.7 cm³/mol. The Kier molecular flexibility index (Phi) is 4.39. The fraction of sp³-hybridized carbons (Fsp3) is 0.714. The van der Waals surface area contributed by atoms with Gasteiger partial charge in [0.15, 0.2) is 5.76 Å². The quantitative estimate of drug-likeness (QED) is 0.870. The number of aryl methyl sites for hydroxylation is 1. The van der Waals surface area contributed by atoms with Crippen molar-refractivity contribution in [1.82, 2.24) is 5.16 Å². The third kappa shape index (κ3) is 2.92. The molecule has 1 heterocycles. The Morgan fingerprint density at radius 2 is 2.11 bits per heavy atom. The van der Waals surface area contributed by atoms with Gasteiger partial charge >= 0.3 is 5.97 Å². The first-order chi connectivity index (χ1) is 8.72. The maximum absolute atomic E-state index is 11.3. The molecule has 1 aliphatic rings. The van der Waals surface area contributed by atoms with Crippen LogP contribution in [0.2, 0.25) is 0 Å². The molecule has 0 aromatic carbocycles. The van der Waals surface area contributed by atoms with Crippen molar-refractivity contribution in [1.29, 1.82) is 0 Å². The third-order valence-electron chi connectivity index (χ3n) is 3.73. The fourth-order valence-electron chi connectivity index (χ4n) is 2.81. The van der Waals surface area contributed by atoms with Gasteiger partial charge in [0, 0.05) is 6.42 Å². The Labute approximate surface area is 107 Å². The van der Waals surface area contributed by atoms with Crippen LogP contribution in [0.4, 0.5) is 0 Å². The normalized spacial score (nSPS) is 16.9. The van der Waals surface area contributed by atoms with Crippen LogP contribution in [0.15, 0.2) is 4.52 Å². The van der Waals surface area contributed by atoms with E-state index in [4.69, 9.17) is 4.52 Å². The number of hydrogen-bond acceptors (Lipinski definition) is 3. The second-order valence-electron chi connectivity index (χ2n) is 5.19. The van der Waals surface area contributed by atoms with Crippen LogP contribution in [-0.2, 0) is 12.8 Å². The number of hydrogen-bond donors (Lipinski definition) is 1. The van der Waals surface area contributed by atoms with Crippen molar-refractivity contribution in [3.63, 3.8) is 0 Å². The lowest BCUT2D eigenvalue weighted by molar-refractivity contribution is 0.0693. The van der Waals surface area contributed by atoms with Gasteiger partial charge in [0.1, 0.15) is 5.56 Å². The van der Waals surface area contributed by atoms with Gasteiger partial charge < -0.3 is 9.63 Å². The van der Waals surface area contributed by atoms with Gasteiger partial charge in [-0.05, 0) is 18.8 Å². The maximum Gasteiger partial charge on any atom is 0.341 e. The number of aromatic carboxylic acids is 1. The lowest BCUT2D eigenvalue weighted by atomic mass is 9.85. The molecule has 0 bridgehead atoms. The predicted octanol–water partition coefficient (Wildman–Crippen LogP) is 3.45. The molecule has 18 heavy (non-hydrogen) atoms. The molecule has 0 spiro atoms. The van der Waals surface area contributed by atoms with E-state index in [2.05, 4.69) is 5.16 Å². The first kappa shape index (κ1) is 13.1. The summed E-state index contributed by atoms with van der Waals surface area (Å²) in [6.45, 7) is 2.01. The van der Waals surface area contributed by atoms with Gasteiger partial charge in [-0.1, -0.05) is 44.2 Å². The Balaban J connectivity index is 2.13. The van der Waals surface area contributed by atoms with Crippen molar-refractivity contribution < 1.29 is 14.4 Å². The summed E-state index contributed by atoms with van der Waals surface area (Å²) in [5.41, 5.74) is 0.972. The van der Waals surface area contributed by atoms with Crippen LogP contribution in [0, 0.1) is 5.92 Å². The van der Waals surface area contributed by atoms with E-state index in [-0.39, 0.29) is 0 Å². The molecule has 1 aromatic rings. The van der Waals surface area contributed by atoms with Crippen LogP contribution >= 0.6 is 0 Å². The van der Waals surface area contributed by atoms with Gasteiger partial charge in [-0.2, -0.15) is 0 Å². The molecule has 0 radical (unpaired) electrons. The summed E-state index contributed by atoms with van der Waals surface area (Å²) in [5, 5.41) is 13.3. The van der Waals surface area contributed by atoms with Gasteiger partial charge in [-0.25, -0.2) is 4.79 Å². The molecule has 0 unspecified atom stereocenters. The second-order valence-corrected chi connectivity index (χ2v) is 5.19. The van der Waals surface area contributed by atoms with E-state index in [0.717, 1.165) is 12.8 Å². The average molecular weight is 251 g/mol. The van der Waals surface area contributed by atoms with E-state index in [0.29, 0.717) is 29.4 Å². The lowest BCUT2D eigenvalue weighted by Gasteiger charge is -2.20. The molecule has 4 nitrogen and oxygen atoms in total. The molecular weight excluding hydrogens is 230 g/mol. The van der Waals surface area contributed by atoms with Crippen LogP contribution in [0.25, 0.3) is 0 Å². The molecule has 1 fully saturated rings. The Hall–Kier alpha value is -1.32. The Bertz CT molecular complexity index is 405. The Morgan fingerprint density at radius 1 is 1.39 bits per heavy atom. The highest BCUT2D eigenvalue weighted by Gasteiger charge is 2.24. The molecule has 0 aliphatic heterocycles. The summed E-state index contributed by atoms with van der Waals surface area (Å²) < 4.78 is 5.21. The zero-order chi connectivity index (χ0) is 13.0. The van der Waals surface area contributed by atoms with E-state index in [1.54, 1.807) is 0 Å². The van der Waals surface area contributed by atoms with Crippen LogP contribution < -0.4 is 0 Å². The van der Waals surface area contributed by atoms with Crippen LogP contribution in [0.3, 0.4) is 0 Å². The van der Waals surface area contributed by atoms with Crippen molar-refractivity contribution in [3.05, 3.63) is 17.0 Å². The number of rotatable bonds is 5. The third-order valence-corrected chi connectivity index (χ3v) is 3.73. The number of nitrogens with zero attached hydrogens (tertiary/aromatic N) is 1. The minimum absolute atomic E-state index is 0.322. The number of carboxylic acid groups (broad SMARTS) is 1. The smallest absolute Gasteiger partial charge is 0.341 e. The van der Waals surface area contributed by atoms with Gasteiger partial charge in [0.05, 0.1) is 5.69 Å². The highest BCUT2D eigenvalue weighted by Crippen LogP contribution is 2.28. The fourth-order valence-corrected chi connectivity index (χ4v) is 2.81. The van der Waals surface area contributed by atoms with Crippen molar-refractivity contribution >= 4 is 5.97 Å². The number of carbonyl (C=O) groups is 1. The van der Waals surface area contributed by atoms with Crippen molar-refractivity contribution in [3.8, 4) is 0 Å². The van der Waals surface area contributed by atoms with E-state index in [9.17, 15) is 9.90 Å². The van der Waals surface area contributed by atoms with Gasteiger partial charge in [-0.15, -0.1) is 0 Å². The van der Waals surface area contributed by atoms with Crippen molar-refractivity contribution in [2.45, 2.75) is 58.3 Å². The first-order valence-electron chi connectivity index (χ1n) is 6.93. The van der Waals surface area contributed by atoms with E-state index < -0.39 is 5.97 Å². The van der Waals surface area contributed by atoms with Crippen molar-refractivity contribution in [2.75, 3.05) is 0 Å². The number of carboxylic acids is 1. The SMILES string of the molecule is CCCc1onc(CC2CCCCC2)c1C(=O)O. The summed E-state index contributed by atoms with van der Waals surface area (Å²) in [5.74, 6) is 0.220. The minimum Gasteiger partial charge on any atom is -0.477 e. The van der Waals surface area contributed by atoms with Crippen LogP contribution in [-0.4, -0.2) is 16.2 Å². The minimum atomic E-state index is -0.898. The van der Waals surface area contributed by atoms with E-state index in [1.165, 1.54) is 32.1 Å². The van der Waals surface area contributed by atoms with Gasteiger partial charge in [-0.3, -0.25) is 0 Å². The molecule has 100 valence electrons. The molecule has 0 saturated heterocycles. The molecule has 1 aromatic heterocycles. The highest BCUT2D eigenvalue weighted by molar-refractivity contribution is 5.90. The monoisotopic (exact) mass is 251 g/mol. The van der Waals surface area contributed by atoms with Crippen LogP contribution in [0.1, 0.15) is 67.3 Å². The molecule has 4 heteroatoms. The van der Waals surface area contributed by atoms with Gasteiger partial charge in [0.25, 0.3) is 0 Å². The van der Waals surface area contributed by atoms with E-state index >= 15 is 0 Å². The summed E-state index contributed by atoms with van der Waals surface area (Å²) in [6, 6.07) is 0. The topological polar surface area (TPSA) is 63.3 Å². The highest BCUT2D eigenvalue weighted by atomic mass is 16.5. The molecule has 2 rings (SSSR count). The molecular formula is C14H21NO3. The zero-order valence-electron chi connectivity index (χ0n) is 10.9. The van der Waals surface area contributed by atoms with Crippen molar-refractivity contribution in [2.24, 2.45) is 5.92 Å². The average Bonchev–Trinajstić information content (AvgIpc) is 2.74. The summed E-state index contributed by atoms with van der Waals surface area (Å²) in [6.07, 6.45) is 8.48. The molecule has 1 N–H and O–H groups in total. The second kappa shape index (κ2) is 6.03. The van der Waals surface area contributed by atoms with E-state index in [1.807, 2.05) is 6.92 Å². The summed E-state index contributed by atoms with van der Waals surface area (Å²) >= 11 is 0. The van der Waals surface area contributed by atoms with Gasteiger partial charge in [0.2, 0.25) is 0 Å². The maximum atomic E-state index is 11.3. The standard InChI is InChI=1S/C14H21NO3/c1-2-6-12-13(14(16)17)11(15-18-12)9-10-7-4-3-5-8-10/h10H,2-9H2,1H3,(H,16,17). The first-order valence-corrected chi connectivity index (χ1v) is 6.93. The molecule has 1 aliphatic carbocycles. The summed E-state index contributed by atoms with van der Waals surface area (Å²) in [4.78, 5) is 11.3.